The van der Waals surface area contributed by atoms with Crippen molar-refractivity contribution < 1.29 is 13.9 Å². The summed E-state index contributed by atoms with van der Waals surface area (Å²) in [5.41, 5.74) is 4.01. The van der Waals surface area contributed by atoms with Crippen LogP contribution in [0.3, 0.4) is 0 Å². The Morgan fingerprint density at radius 3 is 2.82 bits per heavy atom. The van der Waals surface area contributed by atoms with Crippen LogP contribution in [0.5, 0.6) is 0 Å². The number of rotatable bonds is 3. The minimum Gasteiger partial charge on any atom is -0.456 e. The van der Waals surface area contributed by atoms with Gasteiger partial charge in [0.15, 0.2) is 0 Å². The lowest BCUT2D eigenvalue weighted by Crippen LogP contribution is -2.05. The predicted octanol–water partition coefficient (Wildman–Crippen LogP) is 3.68. The van der Waals surface area contributed by atoms with E-state index in [0.717, 1.165) is 28.2 Å². The molecule has 0 radical (unpaired) electrons. The summed E-state index contributed by atoms with van der Waals surface area (Å²) in [6.07, 6.45) is 2.57. The number of carbonyl (C=O) groups is 1. The van der Waals surface area contributed by atoms with Gasteiger partial charge in [0, 0.05) is 22.7 Å². The standard InChI is InChI=1S/C17H15FN2O2/c1-10-3-11(2)14-6-16(20-15(14)4-10)17(21)22-9-12-5-13(18)8-19-7-12/h3-8,20H,9H2,1-2H3. The first kappa shape index (κ1) is 14.3. The van der Waals surface area contributed by atoms with E-state index in [9.17, 15) is 9.18 Å². The van der Waals surface area contributed by atoms with Gasteiger partial charge >= 0.3 is 5.97 Å². The second-order valence-electron chi connectivity index (χ2n) is 5.31. The van der Waals surface area contributed by atoms with Crippen molar-refractivity contribution in [3.63, 3.8) is 0 Å². The van der Waals surface area contributed by atoms with Gasteiger partial charge in [-0.15, -0.1) is 0 Å². The van der Waals surface area contributed by atoms with Gasteiger partial charge in [-0.05, 0) is 43.2 Å². The first-order valence-electron chi connectivity index (χ1n) is 6.89. The van der Waals surface area contributed by atoms with Crippen molar-refractivity contribution in [3.05, 3.63) is 64.9 Å². The number of nitrogens with zero attached hydrogens (tertiary/aromatic N) is 1. The monoisotopic (exact) mass is 298 g/mol. The molecule has 3 aromatic rings. The van der Waals surface area contributed by atoms with Gasteiger partial charge in [0.2, 0.25) is 0 Å². The average Bonchev–Trinajstić information content (AvgIpc) is 2.89. The highest BCUT2D eigenvalue weighted by Gasteiger charge is 2.12. The summed E-state index contributed by atoms with van der Waals surface area (Å²) in [4.78, 5) is 18.9. The van der Waals surface area contributed by atoms with Crippen LogP contribution in [0.15, 0.2) is 36.7 Å². The maximum Gasteiger partial charge on any atom is 0.355 e. The van der Waals surface area contributed by atoms with Crippen molar-refractivity contribution in [1.82, 2.24) is 9.97 Å². The zero-order valence-corrected chi connectivity index (χ0v) is 12.3. The van der Waals surface area contributed by atoms with E-state index in [-0.39, 0.29) is 6.61 Å². The molecule has 112 valence electrons. The Kier molecular flexibility index (Phi) is 3.63. The molecule has 0 unspecified atom stereocenters. The fourth-order valence-electron chi connectivity index (χ4n) is 2.47. The normalized spacial score (nSPS) is 10.9. The Morgan fingerprint density at radius 1 is 1.23 bits per heavy atom. The van der Waals surface area contributed by atoms with Gasteiger partial charge in [-0.3, -0.25) is 4.98 Å². The number of benzene rings is 1. The quantitative estimate of drug-likeness (QED) is 0.750. The lowest BCUT2D eigenvalue weighted by atomic mass is 10.1. The van der Waals surface area contributed by atoms with E-state index >= 15 is 0 Å². The van der Waals surface area contributed by atoms with Crippen LogP contribution in [-0.4, -0.2) is 15.9 Å². The number of fused-ring (bicyclic) bond motifs is 1. The molecule has 5 heteroatoms. The minimum absolute atomic E-state index is 0.0169. The number of carbonyl (C=O) groups excluding carboxylic acids is 1. The second-order valence-corrected chi connectivity index (χ2v) is 5.31. The predicted molar refractivity (Wildman–Crippen MR) is 81.1 cm³/mol. The highest BCUT2D eigenvalue weighted by Crippen LogP contribution is 2.22. The molecule has 3 rings (SSSR count). The fourth-order valence-corrected chi connectivity index (χ4v) is 2.47. The molecule has 0 bridgehead atoms. The molecule has 0 saturated heterocycles. The van der Waals surface area contributed by atoms with Gasteiger partial charge in [0.1, 0.15) is 18.1 Å². The van der Waals surface area contributed by atoms with Gasteiger partial charge in [0.25, 0.3) is 0 Å². The zero-order chi connectivity index (χ0) is 15.7. The summed E-state index contributed by atoms with van der Waals surface area (Å²) in [6, 6.07) is 7.11. The van der Waals surface area contributed by atoms with Crippen molar-refractivity contribution in [1.29, 1.82) is 0 Å². The third kappa shape index (κ3) is 2.83. The van der Waals surface area contributed by atoms with E-state index in [1.165, 1.54) is 12.3 Å². The van der Waals surface area contributed by atoms with Crippen LogP contribution >= 0.6 is 0 Å². The van der Waals surface area contributed by atoms with Crippen molar-refractivity contribution in [3.8, 4) is 0 Å². The molecule has 1 aromatic carbocycles. The SMILES string of the molecule is Cc1cc(C)c2cc(C(=O)OCc3cncc(F)c3)[nH]c2c1. The summed E-state index contributed by atoms with van der Waals surface area (Å²) in [7, 11) is 0. The molecule has 0 amide bonds. The lowest BCUT2D eigenvalue weighted by molar-refractivity contribution is 0.0466. The molecule has 0 saturated carbocycles. The molecule has 2 aromatic heterocycles. The van der Waals surface area contributed by atoms with Crippen LogP contribution < -0.4 is 0 Å². The highest BCUT2D eigenvalue weighted by molar-refractivity contribution is 5.96. The Balaban J connectivity index is 1.79. The number of nitrogens with one attached hydrogen (secondary N) is 1. The molecule has 2 heterocycles. The van der Waals surface area contributed by atoms with E-state index in [4.69, 9.17) is 4.74 Å². The molecule has 0 aliphatic carbocycles. The van der Waals surface area contributed by atoms with Crippen molar-refractivity contribution in [2.45, 2.75) is 20.5 Å². The number of aromatic nitrogens is 2. The molecule has 1 N–H and O–H groups in total. The lowest BCUT2D eigenvalue weighted by Gasteiger charge is -2.03. The van der Waals surface area contributed by atoms with Crippen LogP contribution in [0.4, 0.5) is 4.39 Å². The van der Waals surface area contributed by atoms with Gasteiger partial charge in [-0.25, -0.2) is 9.18 Å². The summed E-state index contributed by atoms with van der Waals surface area (Å²) < 4.78 is 18.2. The molecule has 0 fully saturated rings. The highest BCUT2D eigenvalue weighted by atomic mass is 19.1. The van der Waals surface area contributed by atoms with Crippen molar-refractivity contribution in [2.24, 2.45) is 0 Å². The minimum atomic E-state index is -0.475. The van der Waals surface area contributed by atoms with Gasteiger partial charge < -0.3 is 9.72 Å². The third-order valence-corrected chi connectivity index (χ3v) is 3.44. The molecule has 0 aliphatic rings. The van der Waals surface area contributed by atoms with Crippen LogP contribution in [0.1, 0.15) is 27.2 Å². The Bertz CT molecular complexity index is 855. The molecule has 0 spiro atoms. The molecular formula is C17H15FN2O2. The zero-order valence-electron chi connectivity index (χ0n) is 12.3. The van der Waals surface area contributed by atoms with Crippen molar-refractivity contribution >= 4 is 16.9 Å². The largest absolute Gasteiger partial charge is 0.456 e. The van der Waals surface area contributed by atoms with Crippen molar-refractivity contribution in [2.75, 3.05) is 0 Å². The Hall–Kier alpha value is -2.69. The summed E-state index contributed by atoms with van der Waals surface area (Å²) in [6.45, 7) is 3.98. The number of H-pyrrole nitrogens is 1. The smallest absolute Gasteiger partial charge is 0.355 e. The van der Waals surface area contributed by atoms with Crippen LogP contribution in [0.25, 0.3) is 10.9 Å². The van der Waals surface area contributed by atoms with Gasteiger partial charge in [0.05, 0.1) is 6.20 Å². The first-order chi connectivity index (χ1) is 10.5. The number of hydrogen-bond donors (Lipinski definition) is 1. The fraction of sp³-hybridized carbons (Fsp3) is 0.176. The number of aromatic amines is 1. The first-order valence-corrected chi connectivity index (χ1v) is 6.89. The Labute approximate surface area is 126 Å². The number of halogens is 1. The van der Waals surface area contributed by atoms with Crippen LogP contribution in [0, 0.1) is 19.7 Å². The number of pyridine rings is 1. The van der Waals surface area contributed by atoms with E-state index in [2.05, 4.69) is 16.0 Å². The number of hydrogen-bond acceptors (Lipinski definition) is 3. The summed E-state index contributed by atoms with van der Waals surface area (Å²) in [5.74, 6) is -0.928. The van der Waals surface area contributed by atoms with Crippen LogP contribution in [-0.2, 0) is 11.3 Å². The number of esters is 1. The van der Waals surface area contributed by atoms with Gasteiger partial charge in [-0.1, -0.05) is 6.07 Å². The maximum atomic E-state index is 13.0. The average molecular weight is 298 g/mol. The molecule has 0 aliphatic heterocycles. The van der Waals surface area contributed by atoms with Gasteiger partial charge in [-0.2, -0.15) is 0 Å². The number of aryl methyl sites for hydroxylation is 2. The maximum absolute atomic E-state index is 13.0. The molecule has 4 nitrogen and oxygen atoms in total. The molecule has 0 atom stereocenters. The van der Waals surface area contributed by atoms with E-state index in [0.29, 0.717) is 11.3 Å². The summed E-state index contributed by atoms with van der Waals surface area (Å²) >= 11 is 0. The van der Waals surface area contributed by atoms with Crippen LogP contribution in [0.2, 0.25) is 0 Å². The molecular weight excluding hydrogens is 283 g/mol. The topological polar surface area (TPSA) is 55.0 Å². The Morgan fingerprint density at radius 2 is 2.05 bits per heavy atom. The van der Waals surface area contributed by atoms with E-state index in [1.807, 2.05) is 19.9 Å². The number of ether oxygens (including phenoxy) is 1. The van der Waals surface area contributed by atoms with E-state index < -0.39 is 11.8 Å². The molecule has 22 heavy (non-hydrogen) atoms. The second kappa shape index (κ2) is 5.60. The van der Waals surface area contributed by atoms with E-state index in [1.54, 1.807) is 6.07 Å². The third-order valence-electron chi connectivity index (χ3n) is 3.44. The summed E-state index contributed by atoms with van der Waals surface area (Å²) in [5, 5.41) is 0.991.